The number of rotatable bonds is 11. The maximum Gasteiger partial charge on any atom is 0.343 e. The first-order valence-electron chi connectivity index (χ1n) is 13.0. The lowest BCUT2D eigenvalue weighted by atomic mass is 9.61. The fourth-order valence-electron chi connectivity index (χ4n) is 6.63. The van der Waals surface area contributed by atoms with E-state index in [-0.39, 0.29) is 17.6 Å². The molecule has 8 heteroatoms. The fraction of sp³-hybridized carbons (Fsp3) is 0.741. The summed E-state index contributed by atoms with van der Waals surface area (Å²) in [7, 11) is 1.44. The van der Waals surface area contributed by atoms with Crippen LogP contribution in [0.25, 0.3) is 0 Å². The van der Waals surface area contributed by atoms with Crippen molar-refractivity contribution in [2.24, 2.45) is 23.2 Å². The first kappa shape index (κ1) is 26.0. The second kappa shape index (κ2) is 9.79. The molecule has 7 unspecified atom stereocenters. The van der Waals surface area contributed by atoms with E-state index < -0.39 is 59.1 Å². The summed E-state index contributed by atoms with van der Waals surface area (Å²) in [6, 6.07) is 0. The Bertz CT molecular complexity index is 951. The van der Waals surface area contributed by atoms with E-state index in [9.17, 15) is 24.6 Å². The van der Waals surface area contributed by atoms with Crippen LogP contribution in [0.2, 0.25) is 0 Å². The predicted octanol–water partition coefficient (Wildman–Crippen LogP) is 3.35. The van der Waals surface area contributed by atoms with Crippen LogP contribution in [0.4, 0.5) is 0 Å². The molecule has 0 aromatic carbocycles. The van der Waals surface area contributed by atoms with Gasteiger partial charge in [-0.1, -0.05) is 58.4 Å². The summed E-state index contributed by atoms with van der Waals surface area (Å²) in [5.74, 6) is -5.30. The second-order valence-corrected chi connectivity index (χ2v) is 10.7. The van der Waals surface area contributed by atoms with Gasteiger partial charge >= 0.3 is 17.9 Å². The van der Waals surface area contributed by atoms with Crippen LogP contribution >= 0.6 is 0 Å². The molecule has 2 aliphatic carbocycles. The van der Waals surface area contributed by atoms with E-state index >= 15 is 0 Å². The third kappa shape index (κ3) is 3.98. The number of aliphatic hydroxyl groups is 2. The van der Waals surface area contributed by atoms with Gasteiger partial charge in [-0.3, -0.25) is 4.79 Å². The van der Waals surface area contributed by atoms with Crippen molar-refractivity contribution in [3.63, 3.8) is 0 Å². The van der Waals surface area contributed by atoms with Crippen molar-refractivity contribution in [1.82, 2.24) is 0 Å². The van der Waals surface area contributed by atoms with Crippen molar-refractivity contribution in [2.75, 3.05) is 7.11 Å². The molecule has 4 bridgehead atoms. The Morgan fingerprint density at radius 1 is 1.09 bits per heavy atom. The van der Waals surface area contributed by atoms with Crippen LogP contribution in [-0.2, 0) is 28.6 Å². The molecule has 8 nitrogen and oxygen atoms in total. The van der Waals surface area contributed by atoms with Crippen LogP contribution in [0.1, 0.15) is 78.6 Å². The molecular formula is C27H38O8. The van der Waals surface area contributed by atoms with Crippen molar-refractivity contribution in [3.05, 3.63) is 22.8 Å². The highest BCUT2D eigenvalue weighted by atomic mass is 16.7. The van der Waals surface area contributed by atoms with Crippen molar-refractivity contribution >= 4 is 17.9 Å². The summed E-state index contributed by atoms with van der Waals surface area (Å²) < 4.78 is 16.9. The van der Waals surface area contributed by atoms with Crippen LogP contribution in [-0.4, -0.2) is 53.2 Å². The molecule has 1 saturated heterocycles. The molecule has 7 atom stereocenters. The molecule has 0 saturated carbocycles. The normalized spacial score (nSPS) is 35.3. The summed E-state index contributed by atoms with van der Waals surface area (Å²) in [6.07, 6.45) is 6.34. The van der Waals surface area contributed by atoms with Gasteiger partial charge in [0.05, 0.1) is 34.7 Å². The highest BCUT2D eigenvalue weighted by molar-refractivity contribution is 6.14. The number of methoxy groups -OCH3 is 1. The predicted molar refractivity (Wildman–Crippen MR) is 126 cm³/mol. The van der Waals surface area contributed by atoms with Gasteiger partial charge in [-0.25, -0.2) is 9.59 Å². The molecular weight excluding hydrogens is 452 g/mol. The monoisotopic (exact) mass is 490 g/mol. The Hall–Kier alpha value is -2.03. The second-order valence-electron chi connectivity index (χ2n) is 10.7. The molecule has 0 spiro atoms. The summed E-state index contributed by atoms with van der Waals surface area (Å²) >= 11 is 0. The maximum absolute atomic E-state index is 13.3. The van der Waals surface area contributed by atoms with E-state index in [1.54, 1.807) is 6.92 Å². The number of hydrogen-bond donors (Lipinski definition) is 2. The van der Waals surface area contributed by atoms with Crippen molar-refractivity contribution < 1.29 is 38.8 Å². The zero-order valence-corrected chi connectivity index (χ0v) is 21.2. The molecule has 35 heavy (non-hydrogen) atoms. The Balaban J connectivity index is 1.88. The molecule has 4 aliphatic rings. The van der Waals surface area contributed by atoms with Crippen molar-refractivity contribution in [2.45, 2.75) is 96.6 Å². The number of aliphatic hydroxyl groups excluding tert-OH is 2. The van der Waals surface area contributed by atoms with Gasteiger partial charge in [0.25, 0.3) is 0 Å². The topological polar surface area (TPSA) is 119 Å². The number of carbonyl (C=O) groups excluding carboxylic acids is 3. The van der Waals surface area contributed by atoms with E-state index in [0.29, 0.717) is 18.4 Å². The summed E-state index contributed by atoms with van der Waals surface area (Å²) in [4.78, 5) is 39.0. The van der Waals surface area contributed by atoms with Gasteiger partial charge in [0.15, 0.2) is 0 Å². The molecule has 0 amide bonds. The van der Waals surface area contributed by atoms with E-state index in [0.717, 1.165) is 38.5 Å². The Kier molecular flexibility index (Phi) is 7.28. The molecule has 0 radical (unpaired) electrons. The molecule has 2 heterocycles. The van der Waals surface area contributed by atoms with Gasteiger partial charge in [0, 0.05) is 18.6 Å². The van der Waals surface area contributed by atoms with Gasteiger partial charge in [-0.05, 0) is 32.1 Å². The summed E-state index contributed by atoms with van der Waals surface area (Å²) in [5.41, 5.74) is -0.327. The zero-order chi connectivity index (χ0) is 25.5. The fourth-order valence-corrected chi connectivity index (χ4v) is 6.63. The third-order valence-corrected chi connectivity index (χ3v) is 8.51. The third-order valence-electron chi connectivity index (χ3n) is 8.51. The number of unbranched alkanes of at least 4 members (excludes halogenated alkanes) is 4. The van der Waals surface area contributed by atoms with Gasteiger partial charge in [0.1, 0.15) is 0 Å². The molecule has 194 valence electrons. The molecule has 2 aliphatic heterocycles. The minimum atomic E-state index is -1.55. The summed E-state index contributed by atoms with van der Waals surface area (Å²) in [5, 5.41) is 22.2. The van der Waals surface area contributed by atoms with Crippen LogP contribution in [0.5, 0.6) is 0 Å². The highest BCUT2D eigenvalue weighted by Crippen LogP contribution is 2.64. The number of ether oxygens (including phenoxy) is 3. The van der Waals surface area contributed by atoms with Crippen LogP contribution in [0.15, 0.2) is 22.8 Å². The number of cyclic esters (lactones) is 2. The van der Waals surface area contributed by atoms with Crippen LogP contribution in [0.3, 0.4) is 0 Å². The van der Waals surface area contributed by atoms with Crippen molar-refractivity contribution in [1.29, 1.82) is 0 Å². The highest BCUT2D eigenvalue weighted by Gasteiger charge is 2.71. The largest absolute Gasteiger partial charge is 0.428 e. The minimum absolute atomic E-state index is 0.0249. The first-order valence-corrected chi connectivity index (χ1v) is 13.0. The van der Waals surface area contributed by atoms with Crippen molar-refractivity contribution in [3.8, 4) is 0 Å². The smallest absolute Gasteiger partial charge is 0.343 e. The molecule has 1 fully saturated rings. The van der Waals surface area contributed by atoms with E-state index in [4.69, 9.17) is 14.2 Å². The van der Waals surface area contributed by atoms with E-state index in [2.05, 4.69) is 6.92 Å². The number of hydrogen-bond acceptors (Lipinski definition) is 8. The quantitative estimate of drug-likeness (QED) is 0.196. The number of esters is 3. The zero-order valence-electron chi connectivity index (χ0n) is 21.2. The molecule has 4 rings (SSSR count). The Labute approximate surface area is 206 Å². The number of fused-ring (bicyclic) bond motifs is 1. The lowest BCUT2D eigenvalue weighted by Gasteiger charge is -2.48. The van der Waals surface area contributed by atoms with Crippen LogP contribution in [0, 0.1) is 23.2 Å². The maximum atomic E-state index is 13.3. The molecule has 0 aromatic rings. The van der Waals surface area contributed by atoms with Gasteiger partial charge < -0.3 is 24.4 Å². The van der Waals surface area contributed by atoms with E-state index in [1.165, 1.54) is 7.11 Å². The average molecular weight is 491 g/mol. The van der Waals surface area contributed by atoms with E-state index in [1.807, 2.05) is 13.0 Å². The Morgan fingerprint density at radius 3 is 2.46 bits per heavy atom. The SMILES string of the molecule is CCCCCCC1C(C(O)C(O)CCCC)C=C2C3(C)CC4=C(C(=O)OC4=O)C1C2(OC)OC3=O. The van der Waals surface area contributed by atoms with Crippen LogP contribution < -0.4 is 0 Å². The van der Waals surface area contributed by atoms with Gasteiger partial charge in [0.2, 0.25) is 5.79 Å². The number of carbonyl (C=O) groups is 3. The lowest BCUT2D eigenvalue weighted by Crippen LogP contribution is -2.54. The molecule has 2 N–H and O–H groups in total. The molecule has 0 aromatic heterocycles. The minimum Gasteiger partial charge on any atom is -0.428 e. The van der Waals surface area contributed by atoms with Gasteiger partial charge in [-0.2, -0.15) is 0 Å². The van der Waals surface area contributed by atoms with Gasteiger partial charge in [-0.15, -0.1) is 0 Å². The first-order chi connectivity index (χ1) is 16.7. The standard InChI is InChI=1S/C27H38O8/c1-5-7-9-10-11-15-16(22(29)18(28)12-8-6-2)13-19-26(3)14-17-20(24(31)34-23(17)30)21(15)27(19,33-4)35-25(26)32/h13,15-16,18,21-22,28-29H,5-12,14H2,1-4H3. The Morgan fingerprint density at radius 2 is 1.80 bits per heavy atom. The lowest BCUT2D eigenvalue weighted by molar-refractivity contribution is -0.220. The summed E-state index contributed by atoms with van der Waals surface area (Å²) in [6.45, 7) is 5.82. The average Bonchev–Trinajstić information content (AvgIpc) is 3.20.